The van der Waals surface area contributed by atoms with Crippen LogP contribution in [0.15, 0.2) is 5.11 Å². The van der Waals surface area contributed by atoms with E-state index in [0.717, 1.165) is 6.42 Å². The van der Waals surface area contributed by atoms with Crippen LogP contribution in [0.4, 0.5) is 0 Å². The summed E-state index contributed by atoms with van der Waals surface area (Å²) in [7, 11) is 0. The van der Waals surface area contributed by atoms with Crippen LogP contribution in [-0.2, 0) is 0 Å². The minimum absolute atomic E-state index is 0.264. The molecule has 0 heterocycles. The summed E-state index contributed by atoms with van der Waals surface area (Å²) in [5.41, 5.74) is 7.81. The molecule has 0 aliphatic heterocycles. The van der Waals surface area contributed by atoms with E-state index in [1.807, 2.05) is 0 Å². The Morgan fingerprint density at radius 1 is 1.62 bits per heavy atom. The summed E-state index contributed by atoms with van der Waals surface area (Å²) in [6.45, 7) is 0.539. The Labute approximate surface area is 64.3 Å². The summed E-state index contributed by atoms with van der Waals surface area (Å²) in [5, 5.41) is 3.33. The van der Waals surface area contributed by atoms with Gasteiger partial charge in [-0.15, -0.1) is 0 Å². The molecular formula is C3H5Br2N3. The normalized spacial score (nSPS) is 8.88. The fourth-order valence-corrected chi connectivity index (χ4v) is 0.610. The monoisotopic (exact) mass is 241 g/mol. The van der Waals surface area contributed by atoms with Crippen molar-refractivity contribution in [3.63, 3.8) is 0 Å². The van der Waals surface area contributed by atoms with E-state index in [9.17, 15) is 0 Å². The molecule has 0 spiro atoms. The molecule has 46 valence electrons. The number of nitrogens with zero attached hydrogens (tertiary/aromatic N) is 3. The van der Waals surface area contributed by atoms with E-state index in [-0.39, 0.29) is 3.74 Å². The number of azide groups is 1. The van der Waals surface area contributed by atoms with Gasteiger partial charge in [-0.25, -0.2) is 0 Å². The maximum Gasteiger partial charge on any atom is 0.0699 e. The van der Waals surface area contributed by atoms with Gasteiger partial charge in [-0.05, 0) is 12.0 Å². The van der Waals surface area contributed by atoms with E-state index in [2.05, 4.69) is 41.9 Å². The lowest BCUT2D eigenvalue weighted by atomic mass is 10.5. The van der Waals surface area contributed by atoms with E-state index in [1.165, 1.54) is 0 Å². The van der Waals surface area contributed by atoms with E-state index >= 15 is 0 Å². The molecule has 0 fully saturated rings. The molecule has 0 aromatic heterocycles. The van der Waals surface area contributed by atoms with Gasteiger partial charge in [-0.1, -0.05) is 37.0 Å². The third kappa shape index (κ3) is 6.27. The fraction of sp³-hybridized carbons (Fsp3) is 1.00. The lowest BCUT2D eigenvalue weighted by molar-refractivity contribution is 0.919. The van der Waals surface area contributed by atoms with Gasteiger partial charge in [0.15, 0.2) is 0 Å². The van der Waals surface area contributed by atoms with E-state index in [4.69, 9.17) is 5.53 Å². The Kier molecular flexibility index (Phi) is 5.59. The lowest BCUT2D eigenvalue weighted by Crippen LogP contribution is -1.86. The Bertz CT molecular complexity index is 96.7. The molecule has 0 saturated heterocycles. The first-order valence-electron chi connectivity index (χ1n) is 2.06. The Balaban J connectivity index is 3.05. The molecule has 0 N–H and O–H groups in total. The summed E-state index contributed by atoms with van der Waals surface area (Å²) in [6.07, 6.45) is 0.823. The van der Waals surface area contributed by atoms with Gasteiger partial charge in [-0.3, -0.25) is 0 Å². The highest BCUT2D eigenvalue weighted by molar-refractivity contribution is 9.24. The first-order valence-corrected chi connectivity index (χ1v) is 3.89. The maximum absolute atomic E-state index is 7.81. The number of rotatable bonds is 3. The number of hydrogen-bond acceptors (Lipinski definition) is 1. The average Bonchev–Trinajstić information content (AvgIpc) is 1.66. The minimum atomic E-state index is 0.264. The van der Waals surface area contributed by atoms with Crippen molar-refractivity contribution in [2.75, 3.05) is 6.54 Å². The fourth-order valence-electron chi connectivity index (χ4n) is 0.200. The van der Waals surface area contributed by atoms with Crippen molar-refractivity contribution in [3.05, 3.63) is 10.4 Å². The van der Waals surface area contributed by atoms with Crippen molar-refractivity contribution in [1.29, 1.82) is 0 Å². The maximum atomic E-state index is 7.81. The van der Waals surface area contributed by atoms with Crippen LogP contribution in [0, 0.1) is 0 Å². The summed E-state index contributed by atoms with van der Waals surface area (Å²) in [6, 6.07) is 0. The highest BCUT2D eigenvalue weighted by atomic mass is 79.9. The molecule has 0 saturated carbocycles. The summed E-state index contributed by atoms with van der Waals surface area (Å²) in [5.74, 6) is 0. The molecule has 0 aromatic carbocycles. The molecule has 0 amide bonds. The van der Waals surface area contributed by atoms with Crippen LogP contribution in [0.3, 0.4) is 0 Å². The van der Waals surface area contributed by atoms with Crippen molar-refractivity contribution in [1.82, 2.24) is 0 Å². The van der Waals surface area contributed by atoms with Crippen molar-refractivity contribution in [2.45, 2.75) is 10.2 Å². The van der Waals surface area contributed by atoms with Gasteiger partial charge >= 0.3 is 0 Å². The van der Waals surface area contributed by atoms with E-state index in [0.29, 0.717) is 6.54 Å². The second kappa shape index (κ2) is 5.41. The van der Waals surface area contributed by atoms with Gasteiger partial charge in [0, 0.05) is 11.5 Å². The highest BCUT2D eigenvalue weighted by Crippen LogP contribution is 2.11. The summed E-state index contributed by atoms with van der Waals surface area (Å²) in [4.78, 5) is 2.59. The molecule has 0 bridgehead atoms. The Morgan fingerprint density at radius 2 is 2.25 bits per heavy atom. The zero-order valence-corrected chi connectivity index (χ0v) is 7.26. The highest BCUT2D eigenvalue weighted by Gasteiger charge is 1.92. The SMILES string of the molecule is [N-]=[N+]=NCCC(Br)Br. The first-order chi connectivity index (χ1) is 3.77. The molecule has 0 unspecified atom stereocenters. The molecule has 8 heavy (non-hydrogen) atoms. The third-order valence-corrected chi connectivity index (χ3v) is 1.43. The van der Waals surface area contributed by atoms with Gasteiger partial charge < -0.3 is 0 Å². The standard InChI is InChI=1S/C3H5Br2N3/c4-3(5)1-2-7-8-6/h3H,1-2H2. The zero-order valence-electron chi connectivity index (χ0n) is 4.09. The molecular weight excluding hydrogens is 238 g/mol. The van der Waals surface area contributed by atoms with Gasteiger partial charge in [0.1, 0.15) is 0 Å². The zero-order chi connectivity index (χ0) is 6.41. The topological polar surface area (TPSA) is 48.8 Å². The van der Waals surface area contributed by atoms with Crippen LogP contribution in [0.1, 0.15) is 6.42 Å². The Morgan fingerprint density at radius 3 is 2.62 bits per heavy atom. The van der Waals surface area contributed by atoms with Crippen LogP contribution < -0.4 is 0 Å². The van der Waals surface area contributed by atoms with Crippen LogP contribution in [0.25, 0.3) is 10.4 Å². The van der Waals surface area contributed by atoms with Crippen molar-refractivity contribution < 1.29 is 0 Å². The predicted molar refractivity (Wildman–Crippen MR) is 40.3 cm³/mol. The Hall–Kier alpha value is 0.270. The molecule has 3 nitrogen and oxygen atoms in total. The second-order valence-corrected chi connectivity index (χ2v) is 4.57. The number of halogens is 2. The third-order valence-electron chi connectivity index (χ3n) is 0.511. The molecule has 0 radical (unpaired) electrons. The van der Waals surface area contributed by atoms with Gasteiger partial charge in [0.25, 0.3) is 0 Å². The molecule has 0 rings (SSSR count). The van der Waals surface area contributed by atoms with Crippen LogP contribution in [0.5, 0.6) is 0 Å². The molecule has 0 atom stereocenters. The number of alkyl halides is 2. The van der Waals surface area contributed by atoms with Crippen molar-refractivity contribution >= 4 is 31.9 Å². The van der Waals surface area contributed by atoms with Crippen molar-refractivity contribution in [3.8, 4) is 0 Å². The minimum Gasteiger partial charge on any atom is -0.0939 e. The van der Waals surface area contributed by atoms with Crippen LogP contribution >= 0.6 is 31.9 Å². The molecule has 5 heteroatoms. The largest absolute Gasteiger partial charge is 0.0939 e. The van der Waals surface area contributed by atoms with Crippen LogP contribution in [0.2, 0.25) is 0 Å². The van der Waals surface area contributed by atoms with Gasteiger partial charge in [0.2, 0.25) is 0 Å². The molecule has 0 aliphatic rings. The summed E-state index contributed by atoms with van der Waals surface area (Å²) < 4.78 is 0.264. The van der Waals surface area contributed by atoms with Gasteiger partial charge in [-0.2, -0.15) is 0 Å². The number of hydrogen-bond donors (Lipinski definition) is 0. The molecule has 0 aliphatic carbocycles. The van der Waals surface area contributed by atoms with E-state index < -0.39 is 0 Å². The quantitative estimate of drug-likeness (QED) is 0.316. The van der Waals surface area contributed by atoms with Crippen LogP contribution in [-0.4, -0.2) is 10.3 Å². The molecule has 0 aromatic rings. The van der Waals surface area contributed by atoms with Crippen molar-refractivity contribution in [2.24, 2.45) is 5.11 Å². The predicted octanol–water partition coefficient (Wildman–Crippen LogP) is 2.80. The van der Waals surface area contributed by atoms with Gasteiger partial charge in [0.05, 0.1) is 3.74 Å². The summed E-state index contributed by atoms with van der Waals surface area (Å²) >= 11 is 6.48. The average molecular weight is 243 g/mol. The van der Waals surface area contributed by atoms with E-state index in [1.54, 1.807) is 0 Å². The lowest BCUT2D eigenvalue weighted by Gasteiger charge is -1.91. The second-order valence-electron chi connectivity index (χ2n) is 1.13. The smallest absolute Gasteiger partial charge is 0.0699 e. The first kappa shape index (κ1) is 8.27.